The lowest BCUT2D eigenvalue weighted by Gasteiger charge is -2.03. The summed E-state index contributed by atoms with van der Waals surface area (Å²) in [5.74, 6) is -0.249. The fourth-order valence-corrected chi connectivity index (χ4v) is 1.56. The van der Waals surface area contributed by atoms with E-state index in [-0.39, 0.29) is 11.5 Å². The van der Waals surface area contributed by atoms with E-state index in [4.69, 9.17) is 0 Å². The Balaban J connectivity index is 2.84. The third-order valence-corrected chi connectivity index (χ3v) is 2.27. The molecule has 0 saturated heterocycles. The van der Waals surface area contributed by atoms with Crippen LogP contribution in [0.15, 0.2) is 16.4 Å². The van der Waals surface area contributed by atoms with E-state index in [1.54, 1.807) is 6.92 Å². The van der Waals surface area contributed by atoms with Gasteiger partial charge in [0.2, 0.25) is 0 Å². The van der Waals surface area contributed by atoms with Crippen LogP contribution < -0.4 is 0 Å². The lowest BCUT2D eigenvalue weighted by Crippen LogP contribution is -2.10. The molecule has 0 aliphatic carbocycles. The Hall–Kier alpha value is -0.730. The first-order valence-electron chi connectivity index (χ1n) is 4.66. The van der Waals surface area contributed by atoms with E-state index in [1.165, 1.54) is 6.92 Å². The zero-order valence-electron chi connectivity index (χ0n) is 8.27. The van der Waals surface area contributed by atoms with Crippen LogP contribution in [0, 0.1) is 0 Å². The first-order chi connectivity index (χ1) is 6.07. The van der Waals surface area contributed by atoms with Gasteiger partial charge in [-0.1, -0.05) is 13.3 Å². The smallest absolute Gasteiger partial charge is 0.139 e. The van der Waals surface area contributed by atoms with Gasteiger partial charge in [-0.25, -0.2) is 8.78 Å². The first kappa shape index (κ1) is 10.4. The van der Waals surface area contributed by atoms with Gasteiger partial charge in [0.25, 0.3) is 0 Å². The van der Waals surface area contributed by atoms with Crippen molar-refractivity contribution in [2.45, 2.75) is 45.8 Å². The van der Waals surface area contributed by atoms with Crippen molar-refractivity contribution in [3.05, 3.63) is 11.4 Å². The summed E-state index contributed by atoms with van der Waals surface area (Å²) in [7, 11) is 0. The molecule has 1 nitrogen and oxygen atoms in total. The molecule has 0 aromatic rings. The zero-order chi connectivity index (χ0) is 10.0. The number of nitrogens with zero attached hydrogens (tertiary/aromatic N) is 1. The van der Waals surface area contributed by atoms with E-state index in [0.717, 1.165) is 6.42 Å². The highest BCUT2D eigenvalue weighted by Crippen LogP contribution is 2.27. The maximum absolute atomic E-state index is 13.4. The van der Waals surface area contributed by atoms with Crippen molar-refractivity contribution >= 4 is 5.71 Å². The third kappa shape index (κ3) is 1.95. The van der Waals surface area contributed by atoms with Gasteiger partial charge in [0.1, 0.15) is 18.0 Å². The molecule has 0 radical (unpaired) electrons. The second-order valence-electron chi connectivity index (χ2n) is 3.41. The van der Waals surface area contributed by atoms with E-state index >= 15 is 0 Å². The van der Waals surface area contributed by atoms with Gasteiger partial charge in [0, 0.05) is 5.57 Å². The van der Waals surface area contributed by atoms with Crippen LogP contribution in [0.1, 0.15) is 33.6 Å². The largest absolute Gasteiger partial charge is 0.276 e. The summed E-state index contributed by atoms with van der Waals surface area (Å²) in [6, 6.07) is -0.418. The van der Waals surface area contributed by atoms with Crippen LogP contribution in [-0.4, -0.2) is 17.9 Å². The summed E-state index contributed by atoms with van der Waals surface area (Å²) in [5.41, 5.74) is 0.685. The average Bonchev–Trinajstić information content (AvgIpc) is 2.33. The van der Waals surface area contributed by atoms with Crippen molar-refractivity contribution in [2.24, 2.45) is 4.99 Å². The SMILES string of the molecule is CCCC1N=C(C(C)F)C(C)=C1F. The topological polar surface area (TPSA) is 12.4 Å². The van der Waals surface area contributed by atoms with Crippen LogP contribution in [0.4, 0.5) is 8.78 Å². The van der Waals surface area contributed by atoms with Gasteiger partial charge >= 0.3 is 0 Å². The Morgan fingerprint density at radius 1 is 1.54 bits per heavy atom. The number of allylic oxidation sites excluding steroid dienone is 1. The number of hydrogen-bond acceptors (Lipinski definition) is 1. The summed E-state index contributed by atoms with van der Waals surface area (Å²) in [4.78, 5) is 4.03. The Morgan fingerprint density at radius 3 is 2.54 bits per heavy atom. The molecule has 13 heavy (non-hydrogen) atoms. The fourth-order valence-electron chi connectivity index (χ4n) is 1.56. The maximum atomic E-state index is 13.4. The lowest BCUT2D eigenvalue weighted by molar-refractivity contribution is 0.453. The number of halogens is 2. The number of alkyl halides is 1. The van der Waals surface area contributed by atoms with Crippen LogP contribution >= 0.6 is 0 Å². The Kier molecular flexibility index (Phi) is 3.17. The Bertz CT molecular complexity index is 254. The van der Waals surface area contributed by atoms with Crippen LogP contribution in [0.5, 0.6) is 0 Å². The van der Waals surface area contributed by atoms with Crippen LogP contribution in [0.3, 0.4) is 0 Å². The predicted octanol–water partition coefficient (Wildman–Crippen LogP) is 3.21. The van der Waals surface area contributed by atoms with E-state index in [9.17, 15) is 8.78 Å². The molecule has 2 atom stereocenters. The predicted molar refractivity (Wildman–Crippen MR) is 50.5 cm³/mol. The molecule has 74 valence electrons. The van der Waals surface area contributed by atoms with E-state index in [1.807, 2.05) is 6.92 Å². The minimum absolute atomic E-state index is 0.249. The number of rotatable bonds is 3. The summed E-state index contributed by atoms with van der Waals surface area (Å²) in [6.07, 6.45) is 0.370. The van der Waals surface area contributed by atoms with Gasteiger partial charge < -0.3 is 0 Å². The van der Waals surface area contributed by atoms with Crippen LogP contribution in [0.25, 0.3) is 0 Å². The fraction of sp³-hybridized carbons (Fsp3) is 0.700. The first-order valence-corrected chi connectivity index (χ1v) is 4.66. The highest BCUT2D eigenvalue weighted by Gasteiger charge is 2.27. The molecule has 0 amide bonds. The van der Waals surface area contributed by atoms with Crippen molar-refractivity contribution in [3.8, 4) is 0 Å². The third-order valence-electron chi connectivity index (χ3n) is 2.27. The normalized spacial score (nSPS) is 25.0. The number of hydrogen-bond donors (Lipinski definition) is 0. The zero-order valence-corrected chi connectivity index (χ0v) is 8.27. The maximum Gasteiger partial charge on any atom is 0.139 e. The molecule has 3 heteroatoms. The molecule has 2 unspecified atom stereocenters. The molecule has 0 aromatic carbocycles. The van der Waals surface area contributed by atoms with Gasteiger partial charge in [-0.2, -0.15) is 0 Å². The van der Waals surface area contributed by atoms with E-state index in [0.29, 0.717) is 12.0 Å². The summed E-state index contributed by atoms with van der Waals surface area (Å²) in [6.45, 7) is 4.96. The molecule has 1 aliphatic heterocycles. The summed E-state index contributed by atoms with van der Waals surface area (Å²) in [5, 5.41) is 0. The second kappa shape index (κ2) is 3.99. The van der Waals surface area contributed by atoms with Crippen molar-refractivity contribution in [3.63, 3.8) is 0 Å². The number of aliphatic imine (C=N–C) groups is 1. The molecule has 1 aliphatic rings. The summed E-state index contributed by atoms with van der Waals surface area (Å²) >= 11 is 0. The van der Waals surface area contributed by atoms with Gasteiger partial charge in [0.05, 0.1) is 5.71 Å². The van der Waals surface area contributed by atoms with Gasteiger partial charge in [-0.15, -0.1) is 0 Å². The molecule has 0 fully saturated rings. The molecule has 0 aromatic heterocycles. The van der Waals surface area contributed by atoms with Crippen molar-refractivity contribution in [1.29, 1.82) is 0 Å². The van der Waals surface area contributed by atoms with Crippen molar-refractivity contribution in [2.75, 3.05) is 0 Å². The Labute approximate surface area is 77.6 Å². The molecule has 0 bridgehead atoms. The Morgan fingerprint density at radius 2 is 2.15 bits per heavy atom. The van der Waals surface area contributed by atoms with E-state index < -0.39 is 12.2 Å². The monoisotopic (exact) mass is 187 g/mol. The van der Waals surface area contributed by atoms with Gasteiger partial charge in [-0.3, -0.25) is 4.99 Å². The highest BCUT2D eigenvalue weighted by molar-refractivity contribution is 6.05. The van der Waals surface area contributed by atoms with Crippen molar-refractivity contribution in [1.82, 2.24) is 0 Å². The molecular weight excluding hydrogens is 172 g/mol. The molecular formula is C10H15F2N. The average molecular weight is 187 g/mol. The van der Waals surface area contributed by atoms with E-state index in [2.05, 4.69) is 4.99 Å². The lowest BCUT2D eigenvalue weighted by atomic mass is 10.1. The second-order valence-corrected chi connectivity index (χ2v) is 3.41. The van der Waals surface area contributed by atoms with Gasteiger partial charge in [0.15, 0.2) is 0 Å². The minimum Gasteiger partial charge on any atom is -0.276 e. The molecule has 1 rings (SSSR count). The van der Waals surface area contributed by atoms with Crippen LogP contribution in [-0.2, 0) is 0 Å². The van der Waals surface area contributed by atoms with Crippen LogP contribution in [0.2, 0.25) is 0 Å². The molecule has 1 heterocycles. The quantitative estimate of drug-likeness (QED) is 0.643. The van der Waals surface area contributed by atoms with Crippen molar-refractivity contribution < 1.29 is 8.78 Å². The molecule has 0 N–H and O–H groups in total. The highest BCUT2D eigenvalue weighted by atomic mass is 19.1. The molecule has 0 spiro atoms. The summed E-state index contributed by atoms with van der Waals surface area (Å²) < 4.78 is 26.3. The standard InChI is InChI=1S/C10H15F2N/c1-4-5-8-9(12)6(2)10(13-8)7(3)11/h7-8H,4-5H2,1-3H3. The van der Waals surface area contributed by atoms with Gasteiger partial charge in [-0.05, 0) is 20.3 Å². The molecule has 0 saturated carbocycles. The minimum atomic E-state index is -1.16.